The summed E-state index contributed by atoms with van der Waals surface area (Å²) < 4.78 is 5.40. The first-order valence-electron chi connectivity index (χ1n) is 8.84. The van der Waals surface area contributed by atoms with Gasteiger partial charge in [0, 0.05) is 19.8 Å². The monoisotopic (exact) mass is 342 g/mol. The molecule has 0 aromatic rings. The van der Waals surface area contributed by atoms with Crippen molar-refractivity contribution in [3.05, 3.63) is 0 Å². The SMILES string of the molecule is CCCCOC(=O)C1CSC(C2CCCCC2)N1C(=O)N(C)C. The fourth-order valence-electron chi connectivity index (χ4n) is 3.38. The number of carbonyl (C=O) groups is 2. The van der Waals surface area contributed by atoms with Gasteiger partial charge in [-0.3, -0.25) is 4.90 Å². The molecule has 2 fully saturated rings. The molecule has 5 nitrogen and oxygen atoms in total. The molecule has 0 aromatic heterocycles. The molecule has 1 saturated heterocycles. The topological polar surface area (TPSA) is 49.9 Å². The van der Waals surface area contributed by atoms with Crippen molar-refractivity contribution >= 4 is 23.8 Å². The number of ether oxygens (including phenoxy) is 1. The van der Waals surface area contributed by atoms with E-state index < -0.39 is 6.04 Å². The Hall–Kier alpha value is -0.910. The highest BCUT2D eigenvalue weighted by atomic mass is 32.2. The molecule has 1 aliphatic heterocycles. The van der Waals surface area contributed by atoms with Crippen LogP contribution in [0.5, 0.6) is 0 Å². The minimum absolute atomic E-state index is 0.0667. The maximum atomic E-state index is 12.7. The lowest BCUT2D eigenvalue weighted by Crippen LogP contribution is -2.52. The van der Waals surface area contributed by atoms with Gasteiger partial charge in [0.15, 0.2) is 0 Å². The van der Waals surface area contributed by atoms with Crippen molar-refractivity contribution in [3.63, 3.8) is 0 Å². The number of esters is 1. The Kier molecular flexibility index (Phi) is 7.06. The molecule has 2 atom stereocenters. The number of carbonyl (C=O) groups excluding carboxylic acids is 2. The van der Waals surface area contributed by atoms with Crippen LogP contribution < -0.4 is 0 Å². The van der Waals surface area contributed by atoms with Crippen LogP contribution in [0.4, 0.5) is 4.79 Å². The van der Waals surface area contributed by atoms with Gasteiger partial charge in [-0.05, 0) is 25.2 Å². The lowest BCUT2D eigenvalue weighted by atomic mass is 9.88. The van der Waals surface area contributed by atoms with E-state index in [2.05, 4.69) is 6.92 Å². The number of unbranched alkanes of at least 4 members (excludes halogenated alkanes) is 1. The highest BCUT2D eigenvalue weighted by Crippen LogP contribution is 2.41. The standard InChI is InChI=1S/C17H30N2O3S/c1-4-5-11-22-16(20)14-12-23-15(13-9-7-6-8-10-13)19(14)17(21)18(2)3/h13-15H,4-12H2,1-3H3. The number of amides is 2. The Bertz CT molecular complexity index is 411. The third-order valence-corrected chi connectivity index (χ3v) is 6.17. The summed E-state index contributed by atoms with van der Waals surface area (Å²) in [5.74, 6) is 0.927. The Labute approximate surface area is 144 Å². The van der Waals surface area contributed by atoms with Crippen molar-refractivity contribution in [3.8, 4) is 0 Å². The molecule has 2 aliphatic rings. The zero-order valence-corrected chi connectivity index (χ0v) is 15.4. The van der Waals surface area contributed by atoms with Crippen LogP contribution in [-0.2, 0) is 9.53 Å². The van der Waals surface area contributed by atoms with Crippen LogP contribution in [0.1, 0.15) is 51.9 Å². The number of urea groups is 1. The average Bonchev–Trinajstić information content (AvgIpc) is 2.99. The number of hydrogen-bond donors (Lipinski definition) is 0. The van der Waals surface area contributed by atoms with E-state index in [1.54, 1.807) is 35.7 Å². The fraction of sp³-hybridized carbons (Fsp3) is 0.882. The molecule has 2 rings (SSSR count). The van der Waals surface area contributed by atoms with Gasteiger partial charge in [-0.25, -0.2) is 9.59 Å². The van der Waals surface area contributed by atoms with E-state index in [-0.39, 0.29) is 17.4 Å². The zero-order chi connectivity index (χ0) is 16.8. The Balaban J connectivity index is 2.08. The van der Waals surface area contributed by atoms with Crippen molar-refractivity contribution in [2.75, 3.05) is 26.5 Å². The van der Waals surface area contributed by atoms with Crippen molar-refractivity contribution in [2.45, 2.75) is 63.3 Å². The van der Waals surface area contributed by atoms with Gasteiger partial charge in [0.25, 0.3) is 0 Å². The summed E-state index contributed by atoms with van der Waals surface area (Å²) in [4.78, 5) is 28.5. The second-order valence-corrected chi connectivity index (χ2v) is 7.89. The van der Waals surface area contributed by atoms with Crippen LogP contribution in [0.3, 0.4) is 0 Å². The zero-order valence-electron chi connectivity index (χ0n) is 14.6. The fourth-order valence-corrected chi connectivity index (χ4v) is 5.00. The van der Waals surface area contributed by atoms with E-state index in [1.165, 1.54) is 19.3 Å². The minimum atomic E-state index is -0.432. The first kappa shape index (κ1) is 18.4. The average molecular weight is 343 g/mol. The molecular weight excluding hydrogens is 312 g/mol. The number of nitrogens with zero attached hydrogens (tertiary/aromatic N) is 2. The van der Waals surface area contributed by atoms with E-state index in [9.17, 15) is 9.59 Å². The molecule has 0 radical (unpaired) electrons. The second-order valence-electron chi connectivity index (χ2n) is 6.74. The third kappa shape index (κ3) is 4.55. The maximum absolute atomic E-state index is 12.7. The maximum Gasteiger partial charge on any atom is 0.329 e. The molecule has 0 aromatic carbocycles. The lowest BCUT2D eigenvalue weighted by Gasteiger charge is -2.36. The summed E-state index contributed by atoms with van der Waals surface area (Å²) in [7, 11) is 3.51. The largest absolute Gasteiger partial charge is 0.464 e. The molecule has 0 N–H and O–H groups in total. The molecule has 1 heterocycles. The van der Waals surface area contributed by atoms with Crippen LogP contribution in [0, 0.1) is 5.92 Å². The van der Waals surface area contributed by atoms with Gasteiger partial charge in [-0.1, -0.05) is 32.6 Å². The third-order valence-electron chi connectivity index (χ3n) is 4.71. The van der Waals surface area contributed by atoms with Gasteiger partial charge < -0.3 is 9.64 Å². The summed E-state index contributed by atoms with van der Waals surface area (Å²) in [6, 6.07) is -0.498. The molecule has 1 aliphatic carbocycles. The van der Waals surface area contributed by atoms with Crippen LogP contribution in [0.25, 0.3) is 0 Å². The van der Waals surface area contributed by atoms with Gasteiger partial charge in [0.2, 0.25) is 0 Å². The smallest absolute Gasteiger partial charge is 0.329 e. The second kappa shape index (κ2) is 8.81. The molecule has 6 heteroatoms. The van der Waals surface area contributed by atoms with Crippen LogP contribution >= 0.6 is 11.8 Å². The predicted octanol–water partition coefficient (Wildman–Crippen LogP) is 3.34. The number of rotatable bonds is 5. The van der Waals surface area contributed by atoms with E-state index in [1.807, 2.05) is 0 Å². The Morgan fingerprint density at radius 3 is 2.52 bits per heavy atom. The Morgan fingerprint density at radius 2 is 1.91 bits per heavy atom. The number of hydrogen-bond acceptors (Lipinski definition) is 4. The predicted molar refractivity (Wildman–Crippen MR) is 93.4 cm³/mol. The summed E-state index contributed by atoms with van der Waals surface area (Å²) in [5.41, 5.74) is 0. The molecular formula is C17H30N2O3S. The summed E-state index contributed by atoms with van der Waals surface area (Å²) in [5, 5.41) is 0.119. The van der Waals surface area contributed by atoms with Crippen molar-refractivity contribution in [1.82, 2.24) is 9.80 Å². The van der Waals surface area contributed by atoms with Gasteiger partial charge >= 0.3 is 12.0 Å². The summed E-state index contributed by atoms with van der Waals surface area (Å²) >= 11 is 1.76. The summed E-state index contributed by atoms with van der Waals surface area (Å²) in [6.07, 6.45) is 7.95. The first-order valence-corrected chi connectivity index (χ1v) is 9.89. The van der Waals surface area contributed by atoms with E-state index in [0.29, 0.717) is 18.3 Å². The quantitative estimate of drug-likeness (QED) is 0.568. The molecule has 1 saturated carbocycles. The van der Waals surface area contributed by atoms with Crippen molar-refractivity contribution in [1.29, 1.82) is 0 Å². The van der Waals surface area contributed by atoms with Gasteiger partial charge in [0.1, 0.15) is 6.04 Å². The van der Waals surface area contributed by atoms with Crippen LogP contribution in [-0.4, -0.2) is 59.7 Å². The van der Waals surface area contributed by atoms with Crippen LogP contribution in [0.15, 0.2) is 0 Å². The van der Waals surface area contributed by atoms with Crippen molar-refractivity contribution in [2.24, 2.45) is 5.92 Å². The highest BCUT2D eigenvalue weighted by Gasteiger charge is 2.46. The first-order chi connectivity index (χ1) is 11.1. The molecule has 0 bridgehead atoms. The van der Waals surface area contributed by atoms with E-state index >= 15 is 0 Å². The number of thioether (sulfide) groups is 1. The molecule has 0 spiro atoms. The van der Waals surface area contributed by atoms with Crippen LogP contribution in [0.2, 0.25) is 0 Å². The molecule has 2 unspecified atom stereocenters. The molecule has 23 heavy (non-hydrogen) atoms. The molecule has 132 valence electrons. The van der Waals surface area contributed by atoms with Crippen molar-refractivity contribution < 1.29 is 14.3 Å². The van der Waals surface area contributed by atoms with Gasteiger partial charge in [0.05, 0.1) is 12.0 Å². The van der Waals surface area contributed by atoms with E-state index in [4.69, 9.17) is 4.74 Å². The Morgan fingerprint density at radius 1 is 1.22 bits per heavy atom. The van der Waals surface area contributed by atoms with Gasteiger partial charge in [-0.15, -0.1) is 11.8 Å². The molecule has 2 amide bonds. The normalized spacial score (nSPS) is 25.4. The van der Waals surface area contributed by atoms with E-state index in [0.717, 1.165) is 25.7 Å². The lowest BCUT2D eigenvalue weighted by molar-refractivity contribution is -0.148. The van der Waals surface area contributed by atoms with Gasteiger partial charge in [-0.2, -0.15) is 0 Å². The summed E-state index contributed by atoms with van der Waals surface area (Å²) in [6.45, 7) is 2.52. The minimum Gasteiger partial charge on any atom is -0.464 e. The highest BCUT2D eigenvalue weighted by molar-refractivity contribution is 8.00.